The Balaban J connectivity index is 2.43. The van der Waals surface area contributed by atoms with Gasteiger partial charge in [0.1, 0.15) is 11.8 Å². The largest absolute Gasteiger partial charge is 0.497 e. The topological polar surface area (TPSA) is 96.0 Å². The van der Waals surface area contributed by atoms with Gasteiger partial charge in [-0.05, 0) is 29.7 Å². The van der Waals surface area contributed by atoms with E-state index in [4.69, 9.17) is 4.74 Å². The fourth-order valence-corrected chi connectivity index (χ4v) is 3.79. The van der Waals surface area contributed by atoms with Crippen LogP contribution in [0.15, 0.2) is 54.6 Å². The van der Waals surface area contributed by atoms with Gasteiger partial charge in [-0.2, -0.15) is 4.31 Å². The van der Waals surface area contributed by atoms with Gasteiger partial charge in [0.25, 0.3) is 0 Å². The average molecular weight is 490 g/mol. The van der Waals surface area contributed by atoms with E-state index in [0.717, 1.165) is 35.4 Å². The molecule has 0 saturated carbocycles. The van der Waals surface area contributed by atoms with Crippen LogP contribution in [-0.2, 0) is 26.2 Å². The zero-order valence-corrected chi connectivity index (χ0v) is 21.2. The van der Waals surface area contributed by atoms with Crippen LogP contribution in [0.2, 0.25) is 0 Å². The summed E-state index contributed by atoms with van der Waals surface area (Å²) in [5.41, 5.74) is 1.44. The first kappa shape index (κ1) is 27.3. The highest BCUT2D eigenvalue weighted by atomic mass is 32.2. The van der Waals surface area contributed by atoms with Crippen LogP contribution in [0.25, 0.3) is 0 Å². The molecule has 0 aliphatic carbocycles. The van der Waals surface area contributed by atoms with Gasteiger partial charge in [0, 0.05) is 20.1 Å². The number of likely N-dealkylation sites (N-methyl/N-ethyl adjacent to an activating group) is 1. The third-order valence-electron chi connectivity index (χ3n) is 5.51. The zero-order chi connectivity index (χ0) is 25.1. The molecule has 0 fully saturated rings. The summed E-state index contributed by atoms with van der Waals surface area (Å²) >= 11 is 0. The van der Waals surface area contributed by atoms with E-state index in [1.807, 2.05) is 30.3 Å². The third-order valence-corrected chi connectivity index (χ3v) is 6.77. The number of carbonyl (C=O) groups is 2. The lowest BCUT2D eigenvalue weighted by Crippen LogP contribution is -2.47. The van der Waals surface area contributed by atoms with Crippen LogP contribution >= 0.6 is 0 Å². The van der Waals surface area contributed by atoms with E-state index in [9.17, 15) is 18.0 Å². The molecular formula is C25H35N3O5S. The fraction of sp³-hybridized carbons (Fsp3) is 0.440. The molecular weight excluding hydrogens is 454 g/mol. The molecule has 0 aliphatic rings. The minimum absolute atomic E-state index is 0.127. The van der Waals surface area contributed by atoms with E-state index >= 15 is 0 Å². The second-order valence-electron chi connectivity index (χ2n) is 8.20. The standard InChI is InChI=1S/C25H35N3O5S/c1-5-6-10-17-26-25(30)24(21-11-8-7-9-12-21)28(23(29)19-27(2)34(4,31)32)18-20-13-15-22(33-3)16-14-20/h7-9,11-16,24H,5-6,10,17-19H2,1-4H3,(H,26,30). The number of nitrogens with zero attached hydrogens (tertiary/aromatic N) is 2. The molecule has 34 heavy (non-hydrogen) atoms. The Morgan fingerprint density at radius 2 is 1.68 bits per heavy atom. The molecule has 2 rings (SSSR count). The third kappa shape index (κ3) is 8.14. The fourth-order valence-electron chi connectivity index (χ4n) is 3.44. The summed E-state index contributed by atoms with van der Waals surface area (Å²) in [6, 6.07) is 15.3. The normalized spacial score (nSPS) is 12.3. The highest BCUT2D eigenvalue weighted by molar-refractivity contribution is 7.88. The Morgan fingerprint density at radius 3 is 2.24 bits per heavy atom. The quantitative estimate of drug-likeness (QED) is 0.437. The van der Waals surface area contributed by atoms with Crippen molar-refractivity contribution < 1.29 is 22.7 Å². The number of nitrogens with one attached hydrogen (secondary N) is 1. The molecule has 0 bridgehead atoms. The molecule has 8 nitrogen and oxygen atoms in total. The highest BCUT2D eigenvalue weighted by Gasteiger charge is 2.32. The van der Waals surface area contributed by atoms with Crippen LogP contribution in [-0.4, -0.2) is 62.9 Å². The van der Waals surface area contributed by atoms with Crippen LogP contribution in [0.4, 0.5) is 0 Å². The van der Waals surface area contributed by atoms with Crippen molar-refractivity contribution in [3.63, 3.8) is 0 Å². The molecule has 1 N–H and O–H groups in total. The number of ether oxygens (including phenoxy) is 1. The number of unbranched alkanes of at least 4 members (excludes halogenated alkanes) is 2. The zero-order valence-electron chi connectivity index (χ0n) is 20.4. The van der Waals surface area contributed by atoms with Crippen molar-refractivity contribution in [2.75, 3.05) is 33.5 Å². The van der Waals surface area contributed by atoms with Crippen LogP contribution in [0.5, 0.6) is 5.75 Å². The van der Waals surface area contributed by atoms with Crippen molar-refractivity contribution in [2.24, 2.45) is 0 Å². The molecule has 0 radical (unpaired) electrons. The molecule has 0 saturated heterocycles. The number of hydrogen-bond donors (Lipinski definition) is 1. The van der Waals surface area contributed by atoms with Gasteiger partial charge in [-0.15, -0.1) is 0 Å². The van der Waals surface area contributed by atoms with E-state index in [0.29, 0.717) is 17.9 Å². The van der Waals surface area contributed by atoms with Crippen LogP contribution in [0, 0.1) is 0 Å². The summed E-state index contributed by atoms with van der Waals surface area (Å²) < 4.78 is 30.1. The first-order valence-corrected chi connectivity index (χ1v) is 13.2. The van der Waals surface area contributed by atoms with E-state index in [1.54, 1.807) is 31.4 Å². The summed E-state index contributed by atoms with van der Waals surface area (Å²) in [5, 5.41) is 2.95. The smallest absolute Gasteiger partial charge is 0.247 e. The summed E-state index contributed by atoms with van der Waals surface area (Å²) in [5.74, 6) is -0.0980. The number of methoxy groups -OCH3 is 1. The van der Waals surface area contributed by atoms with Gasteiger partial charge in [-0.25, -0.2) is 8.42 Å². The molecule has 2 aromatic rings. The van der Waals surface area contributed by atoms with Crippen molar-refractivity contribution in [2.45, 2.75) is 38.8 Å². The maximum atomic E-state index is 13.4. The molecule has 0 heterocycles. The SMILES string of the molecule is CCCCCNC(=O)C(c1ccccc1)N(Cc1ccc(OC)cc1)C(=O)CN(C)S(C)(=O)=O. The van der Waals surface area contributed by atoms with E-state index in [2.05, 4.69) is 12.2 Å². The molecule has 2 aromatic carbocycles. The van der Waals surface area contributed by atoms with Gasteiger partial charge in [0.2, 0.25) is 21.8 Å². The predicted octanol–water partition coefficient (Wildman–Crippen LogP) is 2.96. The summed E-state index contributed by atoms with van der Waals surface area (Å²) in [4.78, 5) is 28.2. The lowest BCUT2D eigenvalue weighted by Gasteiger charge is -2.32. The Hall–Kier alpha value is -2.91. The number of hydrogen-bond acceptors (Lipinski definition) is 5. The van der Waals surface area contributed by atoms with Gasteiger partial charge in [0.15, 0.2) is 0 Å². The second-order valence-corrected chi connectivity index (χ2v) is 10.3. The summed E-state index contributed by atoms with van der Waals surface area (Å²) in [6.07, 6.45) is 3.90. The molecule has 0 spiro atoms. The first-order chi connectivity index (χ1) is 16.2. The molecule has 1 atom stereocenters. The Labute approximate surface area is 202 Å². The Bertz CT molecular complexity index is 1030. The van der Waals surface area contributed by atoms with Crippen LogP contribution in [0.3, 0.4) is 0 Å². The monoisotopic (exact) mass is 489 g/mol. The predicted molar refractivity (Wildman–Crippen MR) is 133 cm³/mol. The van der Waals surface area contributed by atoms with E-state index in [-0.39, 0.29) is 19.0 Å². The maximum absolute atomic E-state index is 13.4. The van der Waals surface area contributed by atoms with Crippen molar-refractivity contribution in [1.29, 1.82) is 0 Å². The first-order valence-electron chi connectivity index (χ1n) is 11.3. The summed E-state index contributed by atoms with van der Waals surface area (Å²) in [7, 11) is -0.658. The number of benzene rings is 2. The molecule has 0 aliphatic heterocycles. The van der Waals surface area contributed by atoms with Crippen LogP contribution in [0.1, 0.15) is 43.4 Å². The molecule has 186 valence electrons. The maximum Gasteiger partial charge on any atom is 0.247 e. The second kappa shape index (κ2) is 13.1. The number of amides is 2. The van der Waals surface area contributed by atoms with Gasteiger partial charge in [-0.3, -0.25) is 9.59 Å². The lowest BCUT2D eigenvalue weighted by atomic mass is 10.0. The van der Waals surface area contributed by atoms with Crippen molar-refractivity contribution in [3.05, 3.63) is 65.7 Å². The van der Waals surface area contributed by atoms with Gasteiger partial charge < -0.3 is 15.0 Å². The minimum Gasteiger partial charge on any atom is -0.497 e. The highest BCUT2D eigenvalue weighted by Crippen LogP contribution is 2.25. The van der Waals surface area contributed by atoms with Crippen molar-refractivity contribution >= 4 is 21.8 Å². The van der Waals surface area contributed by atoms with E-state index in [1.165, 1.54) is 11.9 Å². The van der Waals surface area contributed by atoms with E-state index < -0.39 is 22.0 Å². The van der Waals surface area contributed by atoms with Gasteiger partial charge >= 0.3 is 0 Å². The van der Waals surface area contributed by atoms with Crippen molar-refractivity contribution in [3.8, 4) is 5.75 Å². The molecule has 9 heteroatoms. The molecule has 1 unspecified atom stereocenters. The number of sulfonamides is 1. The van der Waals surface area contributed by atoms with Crippen LogP contribution < -0.4 is 10.1 Å². The molecule has 2 amide bonds. The van der Waals surface area contributed by atoms with Gasteiger partial charge in [-0.1, -0.05) is 62.2 Å². The van der Waals surface area contributed by atoms with Gasteiger partial charge in [0.05, 0.1) is 19.9 Å². The average Bonchev–Trinajstić information content (AvgIpc) is 2.82. The minimum atomic E-state index is -3.58. The van der Waals surface area contributed by atoms with Crippen molar-refractivity contribution in [1.82, 2.24) is 14.5 Å². The number of carbonyl (C=O) groups excluding carboxylic acids is 2. The lowest BCUT2D eigenvalue weighted by molar-refractivity contribution is -0.141. The Morgan fingerprint density at radius 1 is 1.03 bits per heavy atom. The molecule has 0 aromatic heterocycles. The Kier molecular flexibility index (Phi) is 10.5. The number of rotatable bonds is 13. The summed E-state index contributed by atoms with van der Waals surface area (Å²) in [6.45, 7) is 2.34.